The number of nitrogens with zero attached hydrogens (tertiary/aromatic N) is 2. The summed E-state index contributed by atoms with van der Waals surface area (Å²) >= 11 is 0. The molecule has 0 radical (unpaired) electrons. The van der Waals surface area contributed by atoms with Gasteiger partial charge in [-0.15, -0.1) is 0 Å². The Morgan fingerprint density at radius 1 is 1.21 bits per heavy atom. The zero-order valence-electron chi connectivity index (χ0n) is 14.2. The molecule has 0 atom stereocenters. The highest BCUT2D eigenvalue weighted by atomic mass is 19.1. The van der Waals surface area contributed by atoms with Crippen LogP contribution in [-0.2, 0) is 11.2 Å². The summed E-state index contributed by atoms with van der Waals surface area (Å²) in [5, 5.41) is 6.27. The van der Waals surface area contributed by atoms with Gasteiger partial charge in [-0.1, -0.05) is 6.07 Å². The van der Waals surface area contributed by atoms with E-state index in [-0.39, 0.29) is 12.0 Å². The van der Waals surface area contributed by atoms with Gasteiger partial charge in [-0.05, 0) is 25.5 Å². The first kappa shape index (κ1) is 18.6. The highest BCUT2D eigenvalue weighted by molar-refractivity contribution is 5.79. The lowest BCUT2D eigenvalue weighted by Gasteiger charge is -2.25. The molecule has 1 saturated heterocycles. The maximum absolute atomic E-state index is 13.6. The van der Waals surface area contributed by atoms with Crippen molar-refractivity contribution < 1.29 is 13.5 Å². The fraction of sp³-hybridized carbons (Fsp3) is 0.588. The average molecular weight is 340 g/mol. The number of aliphatic imine (C=N–C) groups is 1. The second-order valence-corrected chi connectivity index (χ2v) is 5.59. The molecule has 1 aliphatic heterocycles. The summed E-state index contributed by atoms with van der Waals surface area (Å²) in [4.78, 5) is 6.82. The van der Waals surface area contributed by atoms with E-state index in [2.05, 4.69) is 20.5 Å². The van der Waals surface area contributed by atoms with Gasteiger partial charge in [-0.25, -0.2) is 8.78 Å². The van der Waals surface area contributed by atoms with E-state index in [4.69, 9.17) is 4.74 Å². The van der Waals surface area contributed by atoms with E-state index in [1.54, 1.807) is 0 Å². The van der Waals surface area contributed by atoms with E-state index in [1.165, 1.54) is 18.2 Å². The zero-order valence-corrected chi connectivity index (χ0v) is 14.2. The van der Waals surface area contributed by atoms with Gasteiger partial charge >= 0.3 is 0 Å². The molecule has 1 aliphatic rings. The second kappa shape index (κ2) is 10.2. The van der Waals surface area contributed by atoms with Crippen LogP contribution in [0.1, 0.15) is 12.5 Å². The van der Waals surface area contributed by atoms with Gasteiger partial charge in [0, 0.05) is 38.3 Å². The Morgan fingerprint density at radius 2 is 1.92 bits per heavy atom. The van der Waals surface area contributed by atoms with Crippen molar-refractivity contribution in [2.24, 2.45) is 4.99 Å². The van der Waals surface area contributed by atoms with Crippen LogP contribution in [0, 0.1) is 11.6 Å². The lowest BCUT2D eigenvalue weighted by atomic mass is 10.1. The molecule has 1 heterocycles. The third-order valence-corrected chi connectivity index (χ3v) is 3.86. The monoisotopic (exact) mass is 340 g/mol. The number of halogens is 2. The number of hydrogen-bond acceptors (Lipinski definition) is 3. The molecule has 5 nitrogen and oxygen atoms in total. The van der Waals surface area contributed by atoms with Crippen LogP contribution in [0.4, 0.5) is 8.78 Å². The third-order valence-electron chi connectivity index (χ3n) is 3.86. The number of ether oxygens (including phenoxy) is 1. The van der Waals surface area contributed by atoms with Crippen molar-refractivity contribution in [1.29, 1.82) is 0 Å². The molecule has 0 spiro atoms. The summed E-state index contributed by atoms with van der Waals surface area (Å²) in [6, 6.07) is 3.93. The smallest absolute Gasteiger partial charge is 0.191 e. The van der Waals surface area contributed by atoms with E-state index in [1.807, 2.05) is 6.92 Å². The van der Waals surface area contributed by atoms with E-state index < -0.39 is 11.6 Å². The summed E-state index contributed by atoms with van der Waals surface area (Å²) in [5.41, 5.74) is 0.106. The largest absolute Gasteiger partial charge is 0.379 e. The predicted molar refractivity (Wildman–Crippen MR) is 91.3 cm³/mol. The van der Waals surface area contributed by atoms with Crippen LogP contribution in [0.2, 0.25) is 0 Å². The molecule has 1 fully saturated rings. The molecular formula is C17H26F2N4O. The molecule has 134 valence electrons. The van der Waals surface area contributed by atoms with E-state index >= 15 is 0 Å². The number of rotatable bonds is 7. The second-order valence-electron chi connectivity index (χ2n) is 5.59. The van der Waals surface area contributed by atoms with Crippen molar-refractivity contribution in [3.63, 3.8) is 0 Å². The molecule has 0 aliphatic carbocycles. The summed E-state index contributed by atoms with van der Waals surface area (Å²) in [5.74, 6) is -0.348. The first-order valence-electron chi connectivity index (χ1n) is 8.46. The Bertz CT molecular complexity index is 513. The molecule has 2 N–H and O–H groups in total. The molecule has 0 bridgehead atoms. The van der Waals surface area contributed by atoms with Crippen molar-refractivity contribution in [1.82, 2.24) is 15.5 Å². The summed E-state index contributed by atoms with van der Waals surface area (Å²) in [7, 11) is 0. The van der Waals surface area contributed by atoms with Crippen molar-refractivity contribution in [3.05, 3.63) is 35.4 Å². The number of guanidine groups is 1. The Hall–Kier alpha value is -1.73. The standard InChI is InChI=1S/C17H26F2N4O/c1-2-20-17(22-8-9-23-10-12-24-13-11-23)21-7-6-14-15(18)4-3-5-16(14)19/h3-5H,2,6-13H2,1H3,(H2,20,21,22). The quantitative estimate of drug-likeness (QED) is 0.582. The Balaban J connectivity index is 1.78. The van der Waals surface area contributed by atoms with Crippen molar-refractivity contribution in [2.75, 3.05) is 52.5 Å². The maximum Gasteiger partial charge on any atom is 0.191 e. The molecule has 0 unspecified atom stereocenters. The molecule has 1 aromatic rings. The maximum atomic E-state index is 13.6. The Labute approximate surface area is 142 Å². The van der Waals surface area contributed by atoms with Gasteiger partial charge in [0.15, 0.2) is 5.96 Å². The van der Waals surface area contributed by atoms with Gasteiger partial charge in [0.2, 0.25) is 0 Å². The van der Waals surface area contributed by atoms with Crippen molar-refractivity contribution in [3.8, 4) is 0 Å². The van der Waals surface area contributed by atoms with Gasteiger partial charge in [0.1, 0.15) is 11.6 Å². The van der Waals surface area contributed by atoms with Crippen LogP contribution in [0.5, 0.6) is 0 Å². The molecule has 0 saturated carbocycles. The first-order valence-corrected chi connectivity index (χ1v) is 8.46. The van der Waals surface area contributed by atoms with Crippen LogP contribution in [-0.4, -0.2) is 63.3 Å². The van der Waals surface area contributed by atoms with E-state index in [0.717, 1.165) is 39.4 Å². The van der Waals surface area contributed by atoms with Crippen LogP contribution in [0.15, 0.2) is 23.2 Å². The summed E-state index contributed by atoms with van der Waals surface area (Å²) in [6.07, 6.45) is 0.270. The number of benzene rings is 1. The minimum atomic E-state index is -0.508. The molecule has 0 amide bonds. The van der Waals surface area contributed by atoms with Crippen LogP contribution < -0.4 is 10.6 Å². The number of morpholine rings is 1. The van der Waals surface area contributed by atoms with Crippen molar-refractivity contribution >= 4 is 5.96 Å². The van der Waals surface area contributed by atoms with E-state index in [9.17, 15) is 8.78 Å². The van der Waals surface area contributed by atoms with Gasteiger partial charge in [0.05, 0.1) is 19.8 Å². The Kier molecular flexibility index (Phi) is 7.91. The normalized spacial score (nSPS) is 16.2. The molecular weight excluding hydrogens is 314 g/mol. The fourth-order valence-electron chi connectivity index (χ4n) is 2.55. The number of nitrogens with one attached hydrogen (secondary N) is 2. The number of hydrogen-bond donors (Lipinski definition) is 2. The van der Waals surface area contributed by atoms with E-state index in [0.29, 0.717) is 19.0 Å². The minimum absolute atomic E-state index is 0.106. The van der Waals surface area contributed by atoms with Gasteiger partial charge in [0.25, 0.3) is 0 Å². The third kappa shape index (κ3) is 6.05. The SMILES string of the molecule is CCNC(=NCCN1CCOCC1)NCCc1c(F)cccc1F. The van der Waals surface area contributed by atoms with Crippen LogP contribution in [0.25, 0.3) is 0 Å². The lowest BCUT2D eigenvalue weighted by Crippen LogP contribution is -2.40. The minimum Gasteiger partial charge on any atom is -0.379 e. The average Bonchev–Trinajstić information content (AvgIpc) is 2.58. The first-order chi connectivity index (χ1) is 11.7. The van der Waals surface area contributed by atoms with Gasteiger partial charge in [-0.3, -0.25) is 9.89 Å². The molecule has 0 aromatic heterocycles. The Morgan fingerprint density at radius 3 is 2.58 bits per heavy atom. The fourth-order valence-corrected chi connectivity index (χ4v) is 2.55. The van der Waals surface area contributed by atoms with Crippen LogP contribution >= 0.6 is 0 Å². The van der Waals surface area contributed by atoms with Gasteiger partial charge < -0.3 is 15.4 Å². The molecule has 7 heteroatoms. The lowest BCUT2D eigenvalue weighted by molar-refractivity contribution is 0.0394. The summed E-state index contributed by atoms with van der Waals surface area (Å²) < 4.78 is 32.5. The zero-order chi connectivity index (χ0) is 17.2. The topological polar surface area (TPSA) is 48.9 Å². The van der Waals surface area contributed by atoms with Crippen LogP contribution in [0.3, 0.4) is 0 Å². The molecule has 24 heavy (non-hydrogen) atoms. The van der Waals surface area contributed by atoms with Gasteiger partial charge in [-0.2, -0.15) is 0 Å². The highest BCUT2D eigenvalue weighted by Gasteiger charge is 2.10. The molecule has 1 aromatic carbocycles. The van der Waals surface area contributed by atoms with Crippen molar-refractivity contribution in [2.45, 2.75) is 13.3 Å². The highest BCUT2D eigenvalue weighted by Crippen LogP contribution is 2.11. The summed E-state index contributed by atoms with van der Waals surface area (Å²) in [6.45, 7) is 8.10. The molecule has 2 rings (SSSR count). The predicted octanol–water partition coefficient (Wildman–Crippen LogP) is 1.39.